The molecule has 1 rings (SSSR count). The third kappa shape index (κ3) is 7.56. The summed E-state index contributed by atoms with van der Waals surface area (Å²) in [5.41, 5.74) is 1.27. The van der Waals surface area contributed by atoms with Crippen molar-refractivity contribution in [3.63, 3.8) is 0 Å². The fourth-order valence-corrected chi connectivity index (χ4v) is 2.27. The van der Waals surface area contributed by atoms with Gasteiger partial charge in [-0.05, 0) is 23.6 Å². The lowest BCUT2D eigenvalue weighted by Crippen LogP contribution is -2.28. The van der Waals surface area contributed by atoms with Crippen LogP contribution in [-0.2, 0) is 11.3 Å². The molecule has 0 unspecified atom stereocenters. The number of amides is 1. The van der Waals surface area contributed by atoms with E-state index in [-0.39, 0.29) is 5.91 Å². The maximum Gasteiger partial charge on any atom is 0.230 e. The molecule has 0 bridgehead atoms. The van der Waals surface area contributed by atoms with Crippen LogP contribution in [0.15, 0.2) is 29.2 Å². The highest BCUT2D eigenvalue weighted by molar-refractivity contribution is 8.00. The number of carbonyl (C=O) groups excluding carboxylic acids is 1. The van der Waals surface area contributed by atoms with Gasteiger partial charge in [-0.15, -0.1) is 11.8 Å². The summed E-state index contributed by atoms with van der Waals surface area (Å²) >= 11 is 1.58. The Hall–Kier alpha value is -1.00. The van der Waals surface area contributed by atoms with E-state index in [4.69, 9.17) is 0 Å². The molecule has 0 atom stereocenters. The molecule has 20 heavy (non-hydrogen) atoms. The van der Waals surface area contributed by atoms with Crippen LogP contribution < -0.4 is 10.6 Å². The van der Waals surface area contributed by atoms with Crippen LogP contribution in [0, 0.1) is 5.92 Å². The van der Waals surface area contributed by atoms with E-state index in [9.17, 15) is 4.79 Å². The summed E-state index contributed by atoms with van der Waals surface area (Å²) in [6.45, 7) is 10.1. The Morgan fingerprint density at radius 2 is 1.80 bits per heavy atom. The van der Waals surface area contributed by atoms with E-state index in [1.165, 1.54) is 5.56 Å². The zero-order valence-electron chi connectivity index (χ0n) is 12.9. The van der Waals surface area contributed by atoms with Gasteiger partial charge in [-0.25, -0.2) is 0 Å². The van der Waals surface area contributed by atoms with E-state index in [0.717, 1.165) is 18.0 Å². The van der Waals surface area contributed by atoms with E-state index >= 15 is 0 Å². The van der Waals surface area contributed by atoms with Crippen molar-refractivity contribution in [3.05, 3.63) is 29.8 Å². The second kappa shape index (κ2) is 9.03. The van der Waals surface area contributed by atoms with Gasteiger partial charge in [0.05, 0.1) is 5.75 Å². The third-order valence-corrected chi connectivity index (χ3v) is 3.73. The minimum Gasteiger partial charge on any atom is -0.355 e. The Balaban J connectivity index is 2.32. The van der Waals surface area contributed by atoms with Crippen molar-refractivity contribution in [2.24, 2.45) is 5.92 Å². The molecule has 0 saturated carbocycles. The van der Waals surface area contributed by atoms with Crippen LogP contribution in [0.2, 0.25) is 0 Å². The molecule has 1 aromatic carbocycles. The van der Waals surface area contributed by atoms with Crippen LogP contribution in [0.1, 0.15) is 33.3 Å². The van der Waals surface area contributed by atoms with E-state index in [2.05, 4.69) is 62.6 Å². The molecule has 0 spiro atoms. The van der Waals surface area contributed by atoms with Gasteiger partial charge in [0.1, 0.15) is 0 Å². The van der Waals surface area contributed by atoms with Crippen molar-refractivity contribution in [3.8, 4) is 0 Å². The molecule has 1 amide bonds. The molecule has 0 saturated heterocycles. The smallest absolute Gasteiger partial charge is 0.230 e. The summed E-state index contributed by atoms with van der Waals surface area (Å²) in [5.74, 6) is 1.09. The highest BCUT2D eigenvalue weighted by Crippen LogP contribution is 2.18. The fraction of sp³-hybridized carbons (Fsp3) is 0.562. The number of rotatable bonds is 8. The molecule has 2 N–H and O–H groups in total. The Morgan fingerprint density at radius 1 is 1.15 bits per heavy atom. The van der Waals surface area contributed by atoms with E-state index in [1.807, 2.05) is 0 Å². The predicted molar refractivity (Wildman–Crippen MR) is 87.0 cm³/mol. The zero-order chi connectivity index (χ0) is 15.0. The first-order chi connectivity index (χ1) is 9.47. The van der Waals surface area contributed by atoms with Crippen molar-refractivity contribution in [2.75, 3.05) is 12.3 Å². The Labute approximate surface area is 126 Å². The first-order valence-electron chi connectivity index (χ1n) is 7.19. The number of benzene rings is 1. The molecule has 0 radical (unpaired) electrons. The van der Waals surface area contributed by atoms with Gasteiger partial charge >= 0.3 is 0 Å². The second-order valence-corrected chi connectivity index (χ2v) is 6.71. The van der Waals surface area contributed by atoms with Crippen molar-refractivity contribution < 1.29 is 4.79 Å². The quantitative estimate of drug-likeness (QED) is 0.724. The zero-order valence-corrected chi connectivity index (χ0v) is 13.7. The highest BCUT2D eigenvalue weighted by Gasteiger charge is 2.04. The molecule has 3 nitrogen and oxygen atoms in total. The highest BCUT2D eigenvalue weighted by atomic mass is 32.2. The number of nitrogens with one attached hydrogen (secondary N) is 2. The van der Waals surface area contributed by atoms with Gasteiger partial charge in [0.2, 0.25) is 5.91 Å². The van der Waals surface area contributed by atoms with Crippen LogP contribution in [0.25, 0.3) is 0 Å². The first kappa shape index (κ1) is 17.1. The first-order valence-corrected chi connectivity index (χ1v) is 8.17. The van der Waals surface area contributed by atoms with Crippen molar-refractivity contribution >= 4 is 17.7 Å². The lowest BCUT2D eigenvalue weighted by molar-refractivity contribution is -0.118. The van der Waals surface area contributed by atoms with Crippen LogP contribution in [0.4, 0.5) is 0 Å². The molecular weight excluding hydrogens is 268 g/mol. The summed E-state index contributed by atoms with van der Waals surface area (Å²) in [7, 11) is 0. The Morgan fingerprint density at radius 3 is 2.35 bits per heavy atom. The van der Waals surface area contributed by atoms with Gasteiger partial charge in [-0.2, -0.15) is 0 Å². The number of hydrogen-bond donors (Lipinski definition) is 2. The van der Waals surface area contributed by atoms with Crippen molar-refractivity contribution in [2.45, 2.75) is 45.2 Å². The van der Waals surface area contributed by atoms with Gasteiger partial charge in [-0.3, -0.25) is 4.79 Å². The summed E-state index contributed by atoms with van der Waals surface area (Å²) in [5, 5.41) is 6.31. The Kier molecular flexibility index (Phi) is 7.70. The molecular formula is C16H26N2OS. The molecule has 0 aliphatic rings. The molecule has 0 fully saturated rings. The summed E-state index contributed by atoms with van der Waals surface area (Å²) in [6.07, 6.45) is 0. The van der Waals surface area contributed by atoms with Gasteiger partial charge in [0.15, 0.2) is 0 Å². The average Bonchev–Trinajstić information content (AvgIpc) is 2.41. The molecule has 112 valence electrons. The van der Waals surface area contributed by atoms with Gasteiger partial charge in [0, 0.05) is 24.0 Å². The molecule has 0 heterocycles. The number of hydrogen-bond acceptors (Lipinski definition) is 3. The maximum atomic E-state index is 11.6. The molecule has 0 aliphatic carbocycles. The fourth-order valence-electron chi connectivity index (χ4n) is 1.54. The topological polar surface area (TPSA) is 41.1 Å². The van der Waals surface area contributed by atoms with Gasteiger partial charge in [0.25, 0.3) is 0 Å². The standard InChI is InChI=1S/C16H26N2OS/c1-12(2)9-18-16(19)11-20-15-7-5-14(6-8-15)10-17-13(3)4/h5-8,12-13,17H,9-11H2,1-4H3,(H,18,19). The minimum absolute atomic E-state index is 0.106. The SMILES string of the molecule is CC(C)CNC(=O)CSc1ccc(CNC(C)C)cc1. The minimum atomic E-state index is 0.106. The average molecular weight is 294 g/mol. The van der Waals surface area contributed by atoms with Crippen LogP contribution in [0.5, 0.6) is 0 Å². The lowest BCUT2D eigenvalue weighted by atomic mass is 10.2. The summed E-state index contributed by atoms with van der Waals surface area (Å²) in [4.78, 5) is 12.8. The van der Waals surface area contributed by atoms with Gasteiger partial charge in [-0.1, -0.05) is 39.8 Å². The van der Waals surface area contributed by atoms with Crippen LogP contribution in [0.3, 0.4) is 0 Å². The molecule has 1 aromatic rings. The predicted octanol–water partition coefficient (Wildman–Crippen LogP) is 3.05. The maximum absolute atomic E-state index is 11.6. The number of thioether (sulfide) groups is 1. The van der Waals surface area contributed by atoms with Gasteiger partial charge < -0.3 is 10.6 Å². The monoisotopic (exact) mass is 294 g/mol. The lowest BCUT2D eigenvalue weighted by Gasteiger charge is -2.09. The van der Waals surface area contributed by atoms with E-state index < -0.39 is 0 Å². The summed E-state index contributed by atoms with van der Waals surface area (Å²) < 4.78 is 0. The van der Waals surface area contributed by atoms with E-state index in [1.54, 1.807) is 11.8 Å². The summed E-state index contributed by atoms with van der Waals surface area (Å²) in [6, 6.07) is 8.89. The molecule has 0 aromatic heterocycles. The van der Waals surface area contributed by atoms with Crippen LogP contribution >= 0.6 is 11.8 Å². The largest absolute Gasteiger partial charge is 0.355 e. The van der Waals surface area contributed by atoms with Crippen molar-refractivity contribution in [1.29, 1.82) is 0 Å². The van der Waals surface area contributed by atoms with Crippen molar-refractivity contribution in [1.82, 2.24) is 10.6 Å². The number of carbonyl (C=O) groups is 1. The Bertz CT molecular complexity index is 401. The second-order valence-electron chi connectivity index (χ2n) is 5.67. The molecule has 0 aliphatic heterocycles. The molecule has 4 heteroatoms. The van der Waals surface area contributed by atoms with E-state index in [0.29, 0.717) is 17.7 Å². The normalized spacial score (nSPS) is 11.1. The van der Waals surface area contributed by atoms with Crippen LogP contribution in [-0.4, -0.2) is 24.2 Å². The third-order valence-electron chi connectivity index (χ3n) is 2.72.